The summed E-state index contributed by atoms with van der Waals surface area (Å²) in [7, 11) is 0. The fraction of sp³-hybridized carbons (Fsp3) is 0.750. The maximum Gasteiger partial charge on any atom is 0.0304 e. The fourth-order valence-electron chi connectivity index (χ4n) is 2.63. The fourth-order valence-corrected chi connectivity index (χ4v) is 3.62. The molecule has 19 heavy (non-hydrogen) atoms. The molecule has 0 aromatic carbocycles. The van der Waals surface area contributed by atoms with Crippen LogP contribution in [0.15, 0.2) is 6.07 Å². The zero-order valence-corrected chi connectivity index (χ0v) is 13.9. The topological polar surface area (TPSA) is 15.3 Å². The number of rotatable bonds is 4. The van der Waals surface area contributed by atoms with Gasteiger partial charge in [0, 0.05) is 34.4 Å². The average molecular weight is 280 g/mol. The van der Waals surface area contributed by atoms with Gasteiger partial charge in [-0.15, -0.1) is 11.3 Å². The Kier molecular flexibility index (Phi) is 4.70. The highest BCUT2D eigenvalue weighted by molar-refractivity contribution is 7.12. The van der Waals surface area contributed by atoms with Crippen LogP contribution in [-0.2, 0) is 13.1 Å². The molecule has 2 rings (SSSR count). The molecule has 0 saturated carbocycles. The van der Waals surface area contributed by atoms with E-state index in [1.165, 1.54) is 34.7 Å². The van der Waals surface area contributed by atoms with Crippen LogP contribution in [0, 0.1) is 6.92 Å². The molecule has 1 aliphatic rings. The Balaban J connectivity index is 1.96. The van der Waals surface area contributed by atoms with Crippen LogP contribution in [0.4, 0.5) is 0 Å². The van der Waals surface area contributed by atoms with Crippen LogP contribution in [0.1, 0.15) is 55.9 Å². The summed E-state index contributed by atoms with van der Waals surface area (Å²) in [6.07, 6.45) is 2.73. The molecule has 1 unspecified atom stereocenters. The smallest absolute Gasteiger partial charge is 0.0304 e. The second kappa shape index (κ2) is 5.94. The Morgan fingerprint density at radius 3 is 2.74 bits per heavy atom. The third-order valence-corrected chi connectivity index (χ3v) is 5.02. The number of nitrogens with zero attached hydrogens (tertiary/aromatic N) is 1. The van der Waals surface area contributed by atoms with Gasteiger partial charge in [0.1, 0.15) is 0 Å². The highest BCUT2D eigenvalue weighted by atomic mass is 32.1. The summed E-state index contributed by atoms with van der Waals surface area (Å²) >= 11 is 1.95. The van der Waals surface area contributed by atoms with Crippen molar-refractivity contribution in [3.05, 3.63) is 21.4 Å². The van der Waals surface area contributed by atoms with Crippen molar-refractivity contribution in [2.45, 2.75) is 72.1 Å². The van der Waals surface area contributed by atoms with Crippen LogP contribution in [0.5, 0.6) is 0 Å². The minimum Gasteiger partial charge on any atom is -0.307 e. The van der Waals surface area contributed by atoms with E-state index in [0.29, 0.717) is 0 Å². The third-order valence-electron chi connectivity index (χ3n) is 3.93. The first kappa shape index (κ1) is 15.0. The van der Waals surface area contributed by atoms with E-state index in [-0.39, 0.29) is 5.54 Å². The van der Waals surface area contributed by atoms with Crippen LogP contribution in [0.25, 0.3) is 0 Å². The predicted molar refractivity (Wildman–Crippen MR) is 84.8 cm³/mol. The molecule has 0 bridgehead atoms. The average Bonchev–Trinajstić information content (AvgIpc) is 2.84. The van der Waals surface area contributed by atoms with Crippen molar-refractivity contribution >= 4 is 11.3 Å². The number of aryl methyl sites for hydroxylation is 1. The molecule has 0 spiro atoms. The lowest BCUT2D eigenvalue weighted by Gasteiger charge is -2.20. The first-order valence-electron chi connectivity index (χ1n) is 7.42. The van der Waals surface area contributed by atoms with Crippen LogP contribution in [0.3, 0.4) is 0 Å². The Morgan fingerprint density at radius 1 is 1.42 bits per heavy atom. The van der Waals surface area contributed by atoms with Gasteiger partial charge >= 0.3 is 0 Å². The highest BCUT2D eigenvalue weighted by Crippen LogP contribution is 2.26. The molecule has 1 atom stereocenters. The maximum atomic E-state index is 3.58. The van der Waals surface area contributed by atoms with E-state index in [1.54, 1.807) is 0 Å². The molecule has 1 aliphatic heterocycles. The normalized spacial score (nSPS) is 21.2. The summed E-state index contributed by atoms with van der Waals surface area (Å²) in [6, 6.07) is 3.17. The second-order valence-corrected chi connectivity index (χ2v) is 8.20. The summed E-state index contributed by atoms with van der Waals surface area (Å²) < 4.78 is 0. The van der Waals surface area contributed by atoms with E-state index in [2.05, 4.69) is 50.9 Å². The van der Waals surface area contributed by atoms with Gasteiger partial charge in [0.15, 0.2) is 0 Å². The van der Waals surface area contributed by atoms with Crippen molar-refractivity contribution in [2.24, 2.45) is 0 Å². The Morgan fingerprint density at radius 2 is 2.16 bits per heavy atom. The maximum absolute atomic E-state index is 3.58. The van der Waals surface area contributed by atoms with Gasteiger partial charge < -0.3 is 5.32 Å². The number of hydrogen-bond acceptors (Lipinski definition) is 3. The molecule has 1 saturated heterocycles. The van der Waals surface area contributed by atoms with Gasteiger partial charge in [0.05, 0.1) is 0 Å². The van der Waals surface area contributed by atoms with Gasteiger partial charge in [-0.1, -0.05) is 0 Å². The molecular weight excluding hydrogens is 252 g/mol. The zero-order chi connectivity index (χ0) is 14.0. The second-order valence-electron chi connectivity index (χ2n) is 6.86. The predicted octanol–water partition coefficient (Wildman–Crippen LogP) is 3.93. The minimum atomic E-state index is 0.196. The lowest BCUT2D eigenvalue weighted by atomic mass is 10.1. The van der Waals surface area contributed by atoms with Crippen LogP contribution < -0.4 is 5.32 Å². The number of nitrogens with one attached hydrogen (secondary N) is 1. The third kappa shape index (κ3) is 4.30. The summed E-state index contributed by atoms with van der Waals surface area (Å²) in [5, 5.41) is 3.58. The van der Waals surface area contributed by atoms with Crippen LogP contribution in [0.2, 0.25) is 0 Å². The molecule has 1 N–H and O–H groups in total. The van der Waals surface area contributed by atoms with E-state index in [9.17, 15) is 0 Å². The van der Waals surface area contributed by atoms with Gasteiger partial charge in [-0.2, -0.15) is 0 Å². The highest BCUT2D eigenvalue weighted by Gasteiger charge is 2.21. The molecule has 1 aromatic heterocycles. The summed E-state index contributed by atoms with van der Waals surface area (Å²) in [6.45, 7) is 14.7. The summed E-state index contributed by atoms with van der Waals surface area (Å²) in [5.41, 5.74) is 1.73. The van der Waals surface area contributed by atoms with Crippen LogP contribution >= 0.6 is 11.3 Å². The first-order valence-corrected chi connectivity index (χ1v) is 8.24. The van der Waals surface area contributed by atoms with Crippen molar-refractivity contribution in [1.29, 1.82) is 0 Å². The lowest BCUT2D eigenvalue weighted by molar-refractivity contribution is 0.260. The molecule has 1 aromatic rings. The Bertz CT molecular complexity index is 417. The van der Waals surface area contributed by atoms with E-state index < -0.39 is 0 Å². The molecular formula is C16H28N2S. The van der Waals surface area contributed by atoms with E-state index >= 15 is 0 Å². The number of thiophene rings is 1. The van der Waals surface area contributed by atoms with E-state index in [0.717, 1.165) is 19.1 Å². The number of likely N-dealkylation sites (tertiary alicyclic amines) is 1. The molecule has 0 radical (unpaired) electrons. The summed E-state index contributed by atoms with van der Waals surface area (Å²) in [4.78, 5) is 5.58. The summed E-state index contributed by atoms with van der Waals surface area (Å²) in [5.74, 6) is 0. The van der Waals surface area contributed by atoms with Crippen molar-refractivity contribution in [1.82, 2.24) is 10.2 Å². The molecule has 2 nitrogen and oxygen atoms in total. The van der Waals surface area contributed by atoms with Crippen molar-refractivity contribution in [3.8, 4) is 0 Å². The SMILES string of the molecule is Cc1sc(CNC(C)(C)C)cc1CN1CCCC1C. The first-order chi connectivity index (χ1) is 8.85. The van der Waals surface area contributed by atoms with Gasteiger partial charge in [-0.05, 0) is 65.6 Å². The van der Waals surface area contributed by atoms with Crippen LogP contribution in [-0.4, -0.2) is 23.0 Å². The molecule has 2 heterocycles. The quantitative estimate of drug-likeness (QED) is 0.899. The molecule has 108 valence electrons. The Labute approximate surface area is 122 Å². The lowest BCUT2D eigenvalue weighted by Crippen LogP contribution is -2.34. The molecule has 1 fully saturated rings. The van der Waals surface area contributed by atoms with Gasteiger partial charge in [0.2, 0.25) is 0 Å². The Hall–Kier alpha value is -0.380. The molecule has 0 aliphatic carbocycles. The largest absolute Gasteiger partial charge is 0.307 e. The standard InChI is InChI=1S/C16H28N2S/c1-12-7-6-8-18(12)11-14-9-15(19-13(14)2)10-17-16(3,4)5/h9,12,17H,6-8,10-11H2,1-5H3. The molecule has 3 heteroatoms. The van der Waals surface area contributed by atoms with Gasteiger partial charge in [-0.25, -0.2) is 0 Å². The minimum absolute atomic E-state index is 0.196. The monoisotopic (exact) mass is 280 g/mol. The van der Waals surface area contributed by atoms with Crippen molar-refractivity contribution in [2.75, 3.05) is 6.54 Å². The van der Waals surface area contributed by atoms with Crippen molar-refractivity contribution < 1.29 is 0 Å². The molecule has 0 amide bonds. The van der Waals surface area contributed by atoms with E-state index in [1.807, 2.05) is 11.3 Å². The zero-order valence-electron chi connectivity index (χ0n) is 13.0. The van der Waals surface area contributed by atoms with Gasteiger partial charge in [-0.3, -0.25) is 4.90 Å². The number of hydrogen-bond donors (Lipinski definition) is 1. The van der Waals surface area contributed by atoms with Crippen molar-refractivity contribution in [3.63, 3.8) is 0 Å². The van der Waals surface area contributed by atoms with E-state index in [4.69, 9.17) is 0 Å². The van der Waals surface area contributed by atoms with Gasteiger partial charge in [0.25, 0.3) is 0 Å².